The van der Waals surface area contributed by atoms with E-state index in [1.54, 1.807) is 0 Å². The first-order valence-corrected chi connectivity index (χ1v) is 7.03. The van der Waals surface area contributed by atoms with Crippen LogP contribution in [0.4, 0.5) is 0 Å². The molecule has 1 N–H and O–H groups in total. The molecule has 0 spiro atoms. The van der Waals surface area contributed by atoms with Crippen molar-refractivity contribution in [2.75, 3.05) is 33.2 Å². The van der Waals surface area contributed by atoms with E-state index in [1.807, 2.05) is 7.05 Å². The molecule has 0 amide bonds. The largest absolute Gasteiger partial charge is 0.481 e. The summed E-state index contributed by atoms with van der Waals surface area (Å²) in [6.45, 7) is 9.90. The third kappa shape index (κ3) is 4.25. The minimum absolute atomic E-state index is 0.0520. The summed E-state index contributed by atoms with van der Waals surface area (Å²) in [6.07, 6.45) is 3.60. The van der Waals surface area contributed by atoms with Crippen LogP contribution in [0.5, 0.6) is 0 Å². The van der Waals surface area contributed by atoms with Crippen LogP contribution in [0.1, 0.15) is 40.0 Å². The Labute approximate surface area is 111 Å². The van der Waals surface area contributed by atoms with Gasteiger partial charge in [-0.25, -0.2) is 0 Å². The van der Waals surface area contributed by atoms with Crippen LogP contribution < -0.4 is 0 Å². The van der Waals surface area contributed by atoms with Crippen molar-refractivity contribution in [2.45, 2.75) is 45.6 Å². The van der Waals surface area contributed by atoms with Gasteiger partial charge in [-0.05, 0) is 33.9 Å². The van der Waals surface area contributed by atoms with Gasteiger partial charge in [0.05, 0.1) is 5.92 Å². The zero-order valence-electron chi connectivity index (χ0n) is 12.3. The van der Waals surface area contributed by atoms with E-state index in [0.29, 0.717) is 13.1 Å². The van der Waals surface area contributed by atoms with Crippen molar-refractivity contribution in [1.29, 1.82) is 0 Å². The van der Waals surface area contributed by atoms with Crippen molar-refractivity contribution >= 4 is 5.97 Å². The summed E-state index contributed by atoms with van der Waals surface area (Å²) in [6, 6.07) is 0. The number of likely N-dealkylation sites (N-methyl/N-ethyl adjacent to an activating group) is 1. The van der Waals surface area contributed by atoms with E-state index in [-0.39, 0.29) is 11.5 Å². The molecule has 1 fully saturated rings. The topological polar surface area (TPSA) is 43.8 Å². The molecule has 0 bridgehead atoms. The summed E-state index contributed by atoms with van der Waals surface area (Å²) >= 11 is 0. The normalized spacial score (nSPS) is 25.9. The van der Waals surface area contributed by atoms with Gasteiger partial charge in [-0.15, -0.1) is 0 Å². The summed E-state index contributed by atoms with van der Waals surface area (Å²) in [5, 5.41) is 9.29. The lowest BCUT2D eigenvalue weighted by Gasteiger charge is -2.36. The first-order chi connectivity index (χ1) is 8.36. The van der Waals surface area contributed by atoms with Gasteiger partial charge in [-0.1, -0.05) is 19.8 Å². The van der Waals surface area contributed by atoms with E-state index in [1.165, 1.54) is 19.3 Å². The number of unbranched alkanes of at least 4 members (excludes halogenated alkanes) is 2. The van der Waals surface area contributed by atoms with Crippen molar-refractivity contribution in [2.24, 2.45) is 5.92 Å². The number of hydrogen-bond acceptors (Lipinski definition) is 3. The molecule has 1 aliphatic rings. The molecule has 0 aliphatic carbocycles. The molecular weight excluding hydrogens is 228 g/mol. The molecule has 106 valence electrons. The lowest BCUT2D eigenvalue weighted by molar-refractivity contribution is -0.142. The van der Waals surface area contributed by atoms with Crippen LogP contribution in [-0.4, -0.2) is 59.6 Å². The number of carboxylic acid groups (broad SMARTS) is 1. The lowest BCUT2D eigenvalue weighted by atomic mass is 10.0. The van der Waals surface area contributed by atoms with Gasteiger partial charge in [0.15, 0.2) is 0 Å². The minimum Gasteiger partial charge on any atom is -0.481 e. The van der Waals surface area contributed by atoms with Crippen LogP contribution >= 0.6 is 0 Å². The maximum absolute atomic E-state index is 11.3. The Bertz CT molecular complexity index is 279. The average Bonchev–Trinajstić information content (AvgIpc) is 2.37. The molecule has 0 aromatic rings. The second-order valence-corrected chi connectivity index (χ2v) is 6.17. The Balaban J connectivity index is 2.67. The van der Waals surface area contributed by atoms with E-state index < -0.39 is 5.97 Å². The SMILES string of the molecule is CCCCCN1CC(C(=O)O)CN(C)C(C)(C)C1. The van der Waals surface area contributed by atoms with Gasteiger partial charge < -0.3 is 10.0 Å². The second-order valence-electron chi connectivity index (χ2n) is 6.17. The molecule has 0 aromatic heterocycles. The highest BCUT2D eigenvalue weighted by Crippen LogP contribution is 2.22. The number of hydrogen-bond donors (Lipinski definition) is 1. The predicted molar refractivity (Wildman–Crippen MR) is 73.8 cm³/mol. The third-order valence-corrected chi connectivity index (χ3v) is 4.04. The molecule has 0 saturated carbocycles. The summed E-state index contributed by atoms with van der Waals surface area (Å²) in [4.78, 5) is 15.8. The zero-order valence-corrected chi connectivity index (χ0v) is 12.3. The monoisotopic (exact) mass is 256 g/mol. The molecule has 1 saturated heterocycles. The molecule has 4 nitrogen and oxygen atoms in total. The third-order valence-electron chi connectivity index (χ3n) is 4.04. The predicted octanol–water partition coefficient (Wildman–Crippen LogP) is 1.90. The van der Waals surface area contributed by atoms with Crippen molar-refractivity contribution < 1.29 is 9.90 Å². The number of rotatable bonds is 5. The quantitative estimate of drug-likeness (QED) is 0.763. The summed E-state index contributed by atoms with van der Waals surface area (Å²) in [5.41, 5.74) is 0.0520. The van der Waals surface area contributed by atoms with Gasteiger partial charge in [-0.2, -0.15) is 0 Å². The number of carbonyl (C=O) groups is 1. The fraction of sp³-hybridized carbons (Fsp3) is 0.929. The molecule has 18 heavy (non-hydrogen) atoms. The Morgan fingerprint density at radius 2 is 2.00 bits per heavy atom. The van der Waals surface area contributed by atoms with Crippen molar-refractivity contribution in [1.82, 2.24) is 9.80 Å². The van der Waals surface area contributed by atoms with Gasteiger partial charge in [0.25, 0.3) is 0 Å². The van der Waals surface area contributed by atoms with E-state index in [2.05, 4.69) is 30.6 Å². The molecule has 4 heteroatoms. The molecular formula is C14H28N2O2. The first kappa shape index (κ1) is 15.4. The van der Waals surface area contributed by atoms with E-state index >= 15 is 0 Å². The van der Waals surface area contributed by atoms with Crippen molar-refractivity contribution in [3.05, 3.63) is 0 Å². The van der Waals surface area contributed by atoms with Crippen LogP contribution in [0, 0.1) is 5.92 Å². The van der Waals surface area contributed by atoms with Crippen LogP contribution in [0.25, 0.3) is 0 Å². The summed E-state index contributed by atoms with van der Waals surface area (Å²) in [5.74, 6) is -0.932. The number of aliphatic carboxylic acids is 1. The molecule has 0 aromatic carbocycles. The first-order valence-electron chi connectivity index (χ1n) is 7.03. The maximum atomic E-state index is 11.3. The highest BCUT2D eigenvalue weighted by atomic mass is 16.4. The molecule has 1 aliphatic heterocycles. The number of carboxylic acids is 1. The molecule has 0 radical (unpaired) electrons. The summed E-state index contributed by atoms with van der Waals surface area (Å²) < 4.78 is 0. The van der Waals surface area contributed by atoms with Crippen LogP contribution in [0.2, 0.25) is 0 Å². The Morgan fingerprint density at radius 3 is 2.56 bits per heavy atom. The molecule has 1 heterocycles. The number of nitrogens with zero attached hydrogens (tertiary/aromatic N) is 2. The van der Waals surface area contributed by atoms with Crippen LogP contribution in [0.15, 0.2) is 0 Å². The molecule has 1 rings (SSSR count). The average molecular weight is 256 g/mol. The van der Waals surface area contributed by atoms with Crippen molar-refractivity contribution in [3.63, 3.8) is 0 Å². The Hall–Kier alpha value is -0.610. The van der Waals surface area contributed by atoms with Gasteiger partial charge in [0.2, 0.25) is 0 Å². The standard InChI is InChI=1S/C14H28N2O2/c1-5-6-7-8-16-10-12(13(17)18)9-15(4)14(2,3)11-16/h12H,5-11H2,1-4H3,(H,17,18). The molecule has 1 atom stereocenters. The van der Waals surface area contributed by atoms with E-state index in [9.17, 15) is 9.90 Å². The highest BCUT2D eigenvalue weighted by Gasteiger charge is 2.35. The van der Waals surface area contributed by atoms with Crippen molar-refractivity contribution in [3.8, 4) is 0 Å². The smallest absolute Gasteiger partial charge is 0.309 e. The molecule has 1 unspecified atom stereocenters. The minimum atomic E-state index is -0.667. The second kappa shape index (κ2) is 6.53. The van der Waals surface area contributed by atoms with Gasteiger partial charge in [0.1, 0.15) is 0 Å². The Morgan fingerprint density at radius 1 is 1.33 bits per heavy atom. The van der Waals surface area contributed by atoms with Gasteiger partial charge in [-0.3, -0.25) is 9.69 Å². The fourth-order valence-electron chi connectivity index (χ4n) is 2.59. The maximum Gasteiger partial charge on any atom is 0.309 e. The zero-order chi connectivity index (χ0) is 13.8. The van der Waals surface area contributed by atoms with Gasteiger partial charge >= 0.3 is 5.97 Å². The fourth-order valence-corrected chi connectivity index (χ4v) is 2.59. The Kier molecular flexibility index (Phi) is 5.60. The van der Waals surface area contributed by atoms with E-state index in [0.717, 1.165) is 13.1 Å². The van der Waals surface area contributed by atoms with E-state index in [4.69, 9.17) is 0 Å². The lowest BCUT2D eigenvalue weighted by Crippen LogP contribution is -2.47. The summed E-state index contributed by atoms with van der Waals surface area (Å²) in [7, 11) is 2.03. The highest BCUT2D eigenvalue weighted by molar-refractivity contribution is 5.70. The van der Waals surface area contributed by atoms with Crippen LogP contribution in [-0.2, 0) is 4.79 Å². The van der Waals surface area contributed by atoms with Gasteiger partial charge in [0, 0.05) is 25.2 Å². The van der Waals surface area contributed by atoms with Crippen LogP contribution in [0.3, 0.4) is 0 Å².